The van der Waals surface area contributed by atoms with Crippen molar-refractivity contribution in [2.45, 2.75) is 17.2 Å². The van der Waals surface area contributed by atoms with Crippen LogP contribution in [0, 0.1) is 0 Å². The predicted molar refractivity (Wildman–Crippen MR) is 127 cm³/mol. The van der Waals surface area contributed by atoms with Gasteiger partial charge in [-0.05, 0) is 41.3 Å². The van der Waals surface area contributed by atoms with Gasteiger partial charge < -0.3 is 10.2 Å². The molecule has 0 radical (unpaired) electrons. The van der Waals surface area contributed by atoms with Crippen LogP contribution < -0.4 is 10.2 Å². The number of nitrogens with one attached hydrogen (secondary N) is 1. The van der Waals surface area contributed by atoms with Crippen molar-refractivity contribution >= 4 is 46.5 Å². The van der Waals surface area contributed by atoms with Crippen molar-refractivity contribution in [1.29, 1.82) is 0 Å². The molecule has 4 rings (SSSR count). The largest absolute Gasteiger partial charge is 0.370 e. The first-order valence-corrected chi connectivity index (χ1v) is 12.8. The second kappa shape index (κ2) is 10.2. The maximum atomic E-state index is 12.8. The molecule has 150 valence electrons. The first-order valence-electron chi connectivity index (χ1n) is 9.73. The number of nitrogens with zero attached hydrogens (tertiary/aromatic N) is 1. The summed E-state index contributed by atoms with van der Waals surface area (Å²) >= 11 is 5.48. The number of hydrogen-bond acceptors (Lipinski definition) is 5. The molecule has 1 amide bonds. The van der Waals surface area contributed by atoms with Gasteiger partial charge in [0, 0.05) is 52.4 Å². The molecule has 2 aromatic carbocycles. The van der Waals surface area contributed by atoms with Crippen molar-refractivity contribution in [3.8, 4) is 0 Å². The molecule has 0 saturated carbocycles. The second-order valence-electron chi connectivity index (χ2n) is 6.81. The van der Waals surface area contributed by atoms with Crippen LogP contribution in [0.5, 0.6) is 0 Å². The third-order valence-electron chi connectivity index (χ3n) is 4.85. The minimum atomic E-state index is -0.0172. The van der Waals surface area contributed by atoms with E-state index < -0.39 is 0 Å². The lowest BCUT2D eigenvalue weighted by Gasteiger charge is -2.28. The monoisotopic (exact) mass is 440 g/mol. The molecule has 0 bridgehead atoms. The molecule has 0 aliphatic carbocycles. The Morgan fingerprint density at radius 2 is 1.79 bits per heavy atom. The van der Waals surface area contributed by atoms with Gasteiger partial charge in [0.1, 0.15) is 0 Å². The summed E-state index contributed by atoms with van der Waals surface area (Å²) in [5.74, 6) is 3.26. The van der Waals surface area contributed by atoms with E-state index in [0.29, 0.717) is 6.54 Å². The Morgan fingerprint density at radius 3 is 2.55 bits per heavy atom. The van der Waals surface area contributed by atoms with E-state index in [1.54, 1.807) is 23.1 Å². The number of amides is 1. The molecule has 3 aromatic rings. The third kappa shape index (κ3) is 5.59. The number of anilines is 1. The first-order chi connectivity index (χ1) is 14.3. The zero-order valence-corrected chi connectivity index (χ0v) is 18.6. The van der Waals surface area contributed by atoms with Gasteiger partial charge >= 0.3 is 0 Å². The van der Waals surface area contributed by atoms with E-state index in [2.05, 4.69) is 52.0 Å². The summed E-state index contributed by atoms with van der Waals surface area (Å²) in [7, 11) is 0. The molecule has 3 nitrogen and oxygen atoms in total. The number of carbonyl (C=O) groups is 1. The molecule has 29 heavy (non-hydrogen) atoms. The lowest BCUT2D eigenvalue weighted by molar-refractivity contribution is 0.0948. The summed E-state index contributed by atoms with van der Waals surface area (Å²) in [6, 6.07) is 20.6. The van der Waals surface area contributed by atoms with Crippen LogP contribution in [0.15, 0.2) is 70.9 Å². The topological polar surface area (TPSA) is 32.3 Å². The summed E-state index contributed by atoms with van der Waals surface area (Å²) < 4.78 is 0. The fourth-order valence-electron chi connectivity index (χ4n) is 3.25. The van der Waals surface area contributed by atoms with E-state index in [4.69, 9.17) is 0 Å². The van der Waals surface area contributed by atoms with Crippen molar-refractivity contribution in [2.24, 2.45) is 0 Å². The Kier molecular flexibility index (Phi) is 7.19. The number of thioether (sulfide) groups is 2. The number of hydrogen-bond donors (Lipinski definition) is 1. The second-order valence-corrected chi connectivity index (χ2v) is 10.1. The molecular formula is C23H24N2OS3. The lowest BCUT2D eigenvalue weighted by Crippen LogP contribution is -2.32. The van der Waals surface area contributed by atoms with Crippen LogP contribution in [0.4, 0.5) is 5.69 Å². The van der Waals surface area contributed by atoms with Gasteiger partial charge in [-0.3, -0.25) is 4.79 Å². The molecular weight excluding hydrogens is 416 g/mol. The zero-order valence-electron chi connectivity index (χ0n) is 16.2. The summed E-state index contributed by atoms with van der Waals surface area (Å²) in [5.41, 5.74) is 3.14. The van der Waals surface area contributed by atoms with Crippen molar-refractivity contribution in [2.75, 3.05) is 29.5 Å². The van der Waals surface area contributed by atoms with Crippen molar-refractivity contribution in [1.82, 2.24) is 5.32 Å². The minimum absolute atomic E-state index is 0.0172. The van der Waals surface area contributed by atoms with E-state index in [-0.39, 0.29) is 5.91 Å². The smallest absolute Gasteiger partial charge is 0.252 e. The quantitative estimate of drug-likeness (QED) is 0.490. The summed E-state index contributed by atoms with van der Waals surface area (Å²) in [6.07, 6.45) is 0. The van der Waals surface area contributed by atoms with Gasteiger partial charge in [0.2, 0.25) is 0 Å². The van der Waals surface area contributed by atoms with Gasteiger partial charge in [0.15, 0.2) is 0 Å². The van der Waals surface area contributed by atoms with Crippen LogP contribution >= 0.6 is 34.9 Å². The van der Waals surface area contributed by atoms with Gasteiger partial charge in [-0.25, -0.2) is 0 Å². The van der Waals surface area contributed by atoms with Gasteiger partial charge in [0.25, 0.3) is 5.91 Å². The third-order valence-corrected chi connectivity index (χ3v) is 7.97. The SMILES string of the molecule is O=C(NCc1ccc(N2CCSCC2)cc1)c1ccccc1SCc1cccs1. The summed E-state index contributed by atoms with van der Waals surface area (Å²) in [6.45, 7) is 2.76. The molecule has 0 unspecified atom stereocenters. The van der Waals surface area contributed by atoms with E-state index in [0.717, 1.165) is 34.9 Å². The van der Waals surface area contributed by atoms with Gasteiger partial charge in [-0.1, -0.05) is 30.3 Å². The Balaban J connectivity index is 1.34. The predicted octanol–water partition coefficient (Wildman–Crippen LogP) is 5.52. The van der Waals surface area contributed by atoms with Crippen LogP contribution in [0.1, 0.15) is 20.8 Å². The fraction of sp³-hybridized carbons (Fsp3) is 0.261. The molecule has 2 heterocycles. The molecule has 1 aliphatic heterocycles. The van der Waals surface area contributed by atoms with Gasteiger partial charge in [-0.2, -0.15) is 11.8 Å². The molecule has 1 saturated heterocycles. The normalized spacial score (nSPS) is 14.0. The maximum Gasteiger partial charge on any atom is 0.252 e. The Bertz CT molecular complexity index is 920. The Labute approximate surface area is 184 Å². The van der Waals surface area contributed by atoms with E-state index in [1.807, 2.05) is 36.0 Å². The molecule has 1 fully saturated rings. The van der Waals surface area contributed by atoms with Gasteiger partial charge in [0.05, 0.1) is 5.56 Å². The van der Waals surface area contributed by atoms with Crippen molar-refractivity contribution < 1.29 is 4.79 Å². The number of benzene rings is 2. The maximum absolute atomic E-state index is 12.8. The first kappa shape index (κ1) is 20.4. The highest BCUT2D eigenvalue weighted by Crippen LogP contribution is 2.28. The molecule has 1 N–H and O–H groups in total. The highest BCUT2D eigenvalue weighted by Gasteiger charge is 2.13. The molecule has 0 atom stereocenters. The Morgan fingerprint density at radius 1 is 1.00 bits per heavy atom. The van der Waals surface area contributed by atoms with Crippen LogP contribution in [-0.2, 0) is 12.3 Å². The standard InChI is InChI=1S/C23H24N2OS3/c26-23(21-5-1-2-6-22(21)29-17-20-4-3-13-28-20)24-16-18-7-9-19(10-8-18)25-11-14-27-15-12-25/h1-10,13H,11-12,14-17H2,(H,24,26). The number of rotatable bonds is 7. The van der Waals surface area contributed by atoms with Crippen LogP contribution in [-0.4, -0.2) is 30.5 Å². The fourth-order valence-corrected chi connectivity index (χ4v) is 5.97. The van der Waals surface area contributed by atoms with Crippen molar-refractivity contribution in [3.63, 3.8) is 0 Å². The number of thiophene rings is 1. The summed E-state index contributed by atoms with van der Waals surface area (Å²) in [5, 5.41) is 5.17. The molecule has 0 spiro atoms. The van der Waals surface area contributed by atoms with E-state index in [9.17, 15) is 4.79 Å². The zero-order chi connectivity index (χ0) is 19.9. The molecule has 1 aliphatic rings. The molecule has 1 aromatic heterocycles. The Hall–Kier alpha value is -1.89. The van der Waals surface area contributed by atoms with Crippen LogP contribution in [0.3, 0.4) is 0 Å². The lowest BCUT2D eigenvalue weighted by atomic mass is 10.1. The van der Waals surface area contributed by atoms with Crippen LogP contribution in [0.25, 0.3) is 0 Å². The number of carbonyl (C=O) groups excluding carboxylic acids is 1. The van der Waals surface area contributed by atoms with Crippen molar-refractivity contribution in [3.05, 3.63) is 82.0 Å². The average molecular weight is 441 g/mol. The highest BCUT2D eigenvalue weighted by atomic mass is 32.2. The van der Waals surface area contributed by atoms with E-state index in [1.165, 1.54) is 22.1 Å². The van der Waals surface area contributed by atoms with Gasteiger partial charge in [-0.15, -0.1) is 23.1 Å². The highest BCUT2D eigenvalue weighted by molar-refractivity contribution is 7.99. The van der Waals surface area contributed by atoms with Crippen LogP contribution in [0.2, 0.25) is 0 Å². The summed E-state index contributed by atoms with van der Waals surface area (Å²) in [4.78, 5) is 17.6. The molecule has 6 heteroatoms. The average Bonchev–Trinajstić information content (AvgIpc) is 3.31. The van der Waals surface area contributed by atoms with E-state index >= 15 is 0 Å². The minimum Gasteiger partial charge on any atom is -0.370 e.